The van der Waals surface area contributed by atoms with E-state index in [-0.39, 0.29) is 11.3 Å². The van der Waals surface area contributed by atoms with Crippen LogP contribution in [0.15, 0.2) is 36.0 Å². The molecule has 2 atom stereocenters. The van der Waals surface area contributed by atoms with Crippen molar-refractivity contribution in [1.82, 2.24) is 0 Å². The molecule has 1 aliphatic rings. The van der Waals surface area contributed by atoms with E-state index in [0.29, 0.717) is 6.42 Å². The molecular weight excluding hydrogens is 238 g/mol. The Kier molecular flexibility index (Phi) is 4.41. The van der Waals surface area contributed by atoms with Gasteiger partial charge in [-0.1, -0.05) is 45.6 Å². The van der Waals surface area contributed by atoms with E-state index in [1.165, 1.54) is 0 Å². The molecule has 1 aliphatic carbocycles. The van der Waals surface area contributed by atoms with Gasteiger partial charge >= 0.3 is 5.97 Å². The van der Waals surface area contributed by atoms with E-state index in [0.717, 1.165) is 17.6 Å². The van der Waals surface area contributed by atoms with Crippen LogP contribution in [0.25, 0.3) is 0 Å². The molecule has 0 aromatic rings. The highest BCUT2D eigenvalue weighted by Crippen LogP contribution is 2.46. The lowest BCUT2D eigenvalue weighted by atomic mass is 9.74. The first-order valence-electron chi connectivity index (χ1n) is 6.70. The van der Waals surface area contributed by atoms with Crippen molar-refractivity contribution >= 4 is 5.97 Å². The molecule has 3 N–H and O–H groups in total. The Hall–Kier alpha value is -1.35. The normalized spacial score (nSPS) is 35.1. The number of carbonyl (C=O) groups is 1. The summed E-state index contributed by atoms with van der Waals surface area (Å²) >= 11 is 0. The molecule has 0 aromatic heterocycles. The highest BCUT2D eigenvalue weighted by Gasteiger charge is 2.47. The maximum Gasteiger partial charge on any atom is 0.324 e. The first-order chi connectivity index (χ1) is 8.69. The smallest absolute Gasteiger partial charge is 0.324 e. The molecule has 0 spiro atoms. The SMILES string of the molecule is C=C/C=C1\C(=C\C)CC(N)(C(=O)O)C(C)CC1(C)C. The maximum absolute atomic E-state index is 11.6. The Morgan fingerprint density at radius 2 is 2.11 bits per heavy atom. The predicted molar refractivity (Wildman–Crippen MR) is 78.8 cm³/mol. The summed E-state index contributed by atoms with van der Waals surface area (Å²) in [6.45, 7) is 11.9. The van der Waals surface area contributed by atoms with Crippen molar-refractivity contribution in [1.29, 1.82) is 0 Å². The Bertz CT molecular complexity index is 446. The number of aliphatic carboxylic acids is 1. The van der Waals surface area contributed by atoms with Gasteiger partial charge in [0, 0.05) is 6.42 Å². The fourth-order valence-corrected chi connectivity index (χ4v) is 3.07. The second kappa shape index (κ2) is 5.33. The number of rotatable bonds is 2. The Balaban J connectivity index is 3.41. The van der Waals surface area contributed by atoms with Crippen molar-refractivity contribution in [3.8, 4) is 0 Å². The van der Waals surface area contributed by atoms with E-state index in [1.54, 1.807) is 6.08 Å². The average Bonchev–Trinajstić information content (AvgIpc) is 2.38. The predicted octanol–water partition coefficient (Wildman–Crippen LogP) is 3.28. The van der Waals surface area contributed by atoms with E-state index >= 15 is 0 Å². The van der Waals surface area contributed by atoms with E-state index in [1.807, 2.05) is 26.0 Å². The van der Waals surface area contributed by atoms with Gasteiger partial charge in [0.05, 0.1) is 0 Å². The van der Waals surface area contributed by atoms with Crippen LogP contribution < -0.4 is 5.73 Å². The van der Waals surface area contributed by atoms with E-state index < -0.39 is 11.5 Å². The van der Waals surface area contributed by atoms with Crippen molar-refractivity contribution < 1.29 is 9.90 Å². The summed E-state index contributed by atoms with van der Waals surface area (Å²) in [5.41, 5.74) is 7.05. The largest absolute Gasteiger partial charge is 0.480 e. The molecule has 0 bridgehead atoms. The van der Waals surface area contributed by atoms with Crippen LogP contribution in [0.4, 0.5) is 0 Å². The fourth-order valence-electron chi connectivity index (χ4n) is 3.07. The van der Waals surface area contributed by atoms with Gasteiger partial charge in [0.15, 0.2) is 0 Å². The van der Waals surface area contributed by atoms with Gasteiger partial charge in [-0.15, -0.1) is 0 Å². The number of carboxylic acids is 1. The molecule has 0 saturated heterocycles. The van der Waals surface area contributed by atoms with Crippen LogP contribution in [0, 0.1) is 11.3 Å². The zero-order valence-corrected chi connectivity index (χ0v) is 12.4. The van der Waals surface area contributed by atoms with Gasteiger partial charge in [-0.2, -0.15) is 0 Å². The summed E-state index contributed by atoms with van der Waals surface area (Å²) in [7, 11) is 0. The van der Waals surface area contributed by atoms with Gasteiger partial charge in [-0.3, -0.25) is 4.79 Å². The Labute approximate surface area is 115 Å². The van der Waals surface area contributed by atoms with Gasteiger partial charge in [-0.05, 0) is 35.8 Å². The molecule has 0 radical (unpaired) electrons. The molecule has 1 saturated carbocycles. The van der Waals surface area contributed by atoms with Crippen LogP contribution in [0.5, 0.6) is 0 Å². The monoisotopic (exact) mass is 263 g/mol. The quantitative estimate of drug-likeness (QED) is 0.751. The Morgan fingerprint density at radius 3 is 2.53 bits per heavy atom. The van der Waals surface area contributed by atoms with Gasteiger partial charge in [0.25, 0.3) is 0 Å². The van der Waals surface area contributed by atoms with Crippen LogP contribution in [0.2, 0.25) is 0 Å². The highest BCUT2D eigenvalue weighted by atomic mass is 16.4. The minimum atomic E-state index is -1.20. The summed E-state index contributed by atoms with van der Waals surface area (Å²) in [6.07, 6.45) is 6.82. The van der Waals surface area contributed by atoms with Gasteiger partial charge in [0.1, 0.15) is 5.54 Å². The van der Waals surface area contributed by atoms with Crippen LogP contribution in [0.3, 0.4) is 0 Å². The molecule has 0 amide bonds. The number of allylic oxidation sites excluding steroid dienone is 4. The minimum Gasteiger partial charge on any atom is -0.480 e. The number of hydrogen-bond donors (Lipinski definition) is 2. The summed E-state index contributed by atoms with van der Waals surface area (Å²) < 4.78 is 0. The van der Waals surface area contributed by atoms with E-state index in [9.17, 15) is 9.90 Å². The third-order valence-electron chi connectivity index (χ3n) is 4.29. The summed E-state index contributed by atoms with van der Waals surface area (Å²) in [4.78, 5) is 11.6. The molecule has 0 aromatic carbocycles. The molecule has 1 rings (SSSR count). The molecule has 3 nitrogen and oxygen atoms in total. The lowest BCUT2D eigenvalue weighted by molar-refractivity contribution is -0.145. The van der Waals surface area contributed by atoms with Crippen LogP contribution in [0.1, 0.15) is 40.5 Å². The summed E-state index contributed by atoms with van der Waals surface area (Å²) in [5.74, 6) is -1.01. The topological polar surface area (TPSA) is 63.3 Å². The minimum absolute atomic E-state index is 0.0920. The standard InChI is InChI=1S/C16H25NO2/c1-6-8-13-12(7-2)10-16(17,14(18)19)11(3)9-15(13,4)5/h6-8,11H,1,9-10,17H2,2-5H3,(H,18,19)/b12-7+,13-8+. The lowest BCUT2D eigenvalue weighted by Gasteiger charge is -2.32. The highest BCUT2D eigenvalue weighted by molar-refractivity contribution is 5.80. The number of carboxylic acid groups (broad SMARTS) is 1. The first kappa shape index (κ1) is 15.7. The first-order valence-corrected chi connectivity index (χ1v) is 6.70. The molecule has 1 fully saturated rings. The molecule has 0 aliphatic heterocycles. The van der Waals surface area contributed by atoms with Crippen LogP contribution in [-0.2, 0) is 4.79 Å². The van der Waals surface area contributed by atoms with E-state index in [4.69, 9.17) is 5.73 Å². The van der Waals surface area contributed by atoms with Gasteiger partial charge in [-0.25, -0.2) is 0 Å². The van der Waals surface area contributed by atoms with Crippen molar-refractivity contribution in [2.24, 2.45) is 17.1 Å². The van der Waals surface area contributed by atoms with Crippen molar-refractivity contribution in [2.75, 3.05) is 0 Å². The zero-order valence-electron chi connectivity index (χ0n) is 12.4. The third-order valence-corrected chi connectivity index (χ3v) is 4.29. The Morgan fingerprint density at radius 1 is 1.53 bits per heavy atom. The molecular formula is C16H25NO2. The second-order valence-corrected chi connectivity index (χ2v) is 6.14. The molecule has 0 heterocycles. The zero-order chi connectivity index (χ0) is 14.8. The average molecular weight is 263 g/mol. The summed E-state index contributed by atoms with van der Waals surface area (Å²) in [5, 5.41) is 9.50. The van der Waals surface area contributed by atoms with Crippen molar-refractivity contribution in [3.05, 3.63) is 36.0 Å². The van der Waals surface area contributed by atoms with E-state index in [2.05, 4.69) is 20.4 Å². The number of hydrogen-bond acceptors (Lipinski definition) is 2. The summed E-state index contributed by atoms with van der Waals surface area (Å²) in [6, 6.07) is 0. The maximum atomic E-state index is 11.6. The molecule has 106 valence electrons. The molecule has 3 heteroatoms. The third kappa shape index (κ3) is 2.81. The van der Waals surface area contributed by atoms with Crippen molar-refractivity contribution in [3.63, 3.8) is 0 Å². The van der Waals surface area contributed by atoms with Crippen molar-refractivity contribution in [2.45, 2.75) is 46.1 Å². The van der Waals surface area contributed by atoms with Crippen LogP contribution in [-0.4, -0.2) is 16.6 Å². The lowest BCUT2D eigenvalue weighted by Crippen LogP contribution is -2.53. The molecule has 19 heavy (non-hydrogen) atoms. The number of nitrogens with two attached hydrogens (primary N) is 1. The van der Waals surface area contributed by atoms with Crippen LogP contribution >= 0.6 is 0 Å². The fraction of sp³-hybridized carbons (Fsp3) is 0.562. The van der Waals surface area contributed by atoms with Gasteiger partial charge in [0.2, 0.25) is 0 Å². The molecule has 2 unspecified atom stereocenters. The second-order valence-electron chi connectivity index (χ2n) is 6.14. The van der Waals surface area contributed by atoms with Gasteiger partial charge < -0.3 is 10.8 Å².